The summed E-state index contributed by atoms with van der Waals surface area (Å²) in [6.45, 7) is 4.40. The Morgan fingerprint density at radius 3 is 2.47 bits per heavy atom. The molecule has 2 aliphatic rings. The average Bonchev–Trinajstić information content (AvgIpc) is 2.97. The Hall–Kier alpha value is -0.290. The fraction of sp³-hybridized carbons (Fsp3) is 1.00. The van der Waals surface area contributed by atoms with Crippen molar-refractivity contribution >= 4 is 0 Å². The first-order valence-electron chi connectivity index (χ1n) is 6.52. The van der Waals surface area contributed by atoms with E-state index in [4.69, 9.17) is 0 Å². The lowest BCUT2D eigenvalue weighted by atomic mass is 9.91. The maximum Gasteiger partial charge on any atom is 0.389 e. The van der Waals surface area contributed by atoms with Gasteiger partial charge in [0.1, 0.15) is 0 Å². The van der Waals surface area contributed by atoms with E-state index in [1.54, 1.807) is 0 Å². The molecule has 0 spiro atoms. The van der Waals surface area contributed by atoms with Gasteiger partial charge in [0.2, 0.25) is 0 Å². The van der Waals surface area contributed by atoms with Gasteiger partial charge in [-0.05, 0) is 31.7 Å². The molecule has 5 heteroatoms. The highest BCUT2D eigenvalue weighted by molar-refractivity contribution is 4.92. The van der Waals surface area contributed by atoms with Crippen molar-refractivity contribution in [3.05, 3.63) is 0 Å². The predicted octanol–water partition coefficient (Wildman–Crippen LogP) is 2.40. The number of rotatable bonds is 4. The maximum atomic E-state index is 12.5. The van der Waals surface area contributed by atoms with Crippen LogP contribution in [0.2, 0.25) is 0 Å². The minimum atomic E-state index is -4.02. The number of piperidine rings is 1. The molecule has 0 radical (unpaired) electrons. The first-order valence-corrected chi connectivity index (χ1v) is 6.52. The van der Waals surface area contributed by atoms with Gasteiger partial charge in [-0.15, -0.1) is 0 Å². The quantitative estimate of drug-likeness (QED) is 0.824. The van der Waals surface area contributed by atoms with Gasteiger partial charge in [-0.3, -0.25) is 4.90 Å². The van der Waals surface area contributed by atoms with Gasteiger partial charge in [-0.2, -0.15) is 13.2 Å². The summed E-state index contributed by atoms with van der Waals surface area (Å²) >= 11 is 0. The van der Waals surface area contributed by atoms with Crippen molar-refractivity contribution in [1.29, 1.82) is 0 Å². The Morgan fingerprint density at radius 2 is 1.94 bits per heavy atom. The van der Waals surface area contributed by atoms with Gasteiger partial charge < -0.3 is 5.32 Å². The predicted molar refractivity (Wildman–Crippen MR) is 60.8 cm³/mol. The Bertz CT molecular complexity index is 251. The Labute approximate surface area is 101 Å². The lowest BCUT2D eigenvalue weighted by molar-refractivity contribution is -0.149. The van der Waals surface area contributed by atoms with Crippen molar-refractivity contribution in [3.63, 3.8) is 0 Å². The van der Waals surface area contributed by atoms with Gasteiger partial charge >= 0.3 is 6.18 Å². The third-order valence-electron chi connectivity index (χ3n) is 3.64. The van der Waals surface area contributed by atoms with Gasteiger partial charge in [-0.1, -0.05) is 6.92 Å². The lowest BCUT2D eigenvalue weighted by Crippen LogP contribution is -2.50. The first-order chi connectivity index (χ1) is 7.98. The maximum absolute atomic E-state index is 12.5. The molecule has 1 N–H and O–H groups in total. The van der Waals surface area contributed by atoms with Crippen molar-refractivity contribution in [2.45, 2.75) is 50.9 Å². The van der Waals surface area contributed by atoms with Crippen LogP contribution in [0.4, 0.5) is 13.2 Å². The van der Waals surface area contributed by atoms with Gasteiger partial charge in [0.25, 0.3) is 0 Å². The molecule has 2 fully saturated rings. The van der Waals surface area contributed by atoms with Crippen LogP contribution in [0.5, 0.6) is 0 Å². The van der Waals surface area contributed by atoms with Crippen LogP contribution in [0.25, 0.3) is 0 Å². The smallest absolute Gasteiger partial charge is 0.313 e. The van der Waals surface area contributed by atoms with E-state index in [9.17, 15) is 13.2 Å². The molecule has 0 bridgehead atoms. The molecule has 100 valence electrons. The highest BCUT2D eigenvalue weighted by Gasteiger charge is 2.40. The number of hydrogen-bond donors (Lipinski definition) is 1. The summed E-state index contributed by atoms with van der Waals surface area (Å²) in [4.78, 5) is 2.26. The summed E-state index contributed by atoms with van der Waals surface area (Å²) in [7, 11) is 0. The molecule has 1 saturated heterocycles. The molecule has 1 aliphatic heterocycles. The van der Waals surface area contributed by atoms with Crippen LogP contribution in [0.3, 0.4) is 0 Å². The lowest BCUT2D eigenvalue weighted by Gasteiger charge is -2.38. The number of hydrogen-bond acceptors (Lipinski definition) is 2. The van der Waals surface area contributed by atoms with Crippen LogP contribution in [-0.4, -0.2) is 42.8 Å². The summed E-state index contributed by atoms with van der Waals surface area (Å²) < 4.78 is 37.4. The molecule has 0 aromatic rings. The molecular weight excluding hydrogens is 229 g/mol. The summed E-state index contributed by atoms with van der Waals surface area (Å²) in [5.41, 5.74) is 0. The fourth-order valence-electron chi connectivity index (χ4n) is 2.89. The summed E-state index contributed by atoms with van der Waals surface area (Å²) in [6, 6.07) is 0.800. The zero-order valence-electron chi connectivity index (χ0n) is 10.3. The third-order valence-corrected chi connectivity index (χ3v) is 3.64. The molecule has 2 atom stereocenters. The second-order valence-electron chi connectivity index (χ2n) is 5.36. The number of halogens is 3. The van der Waals surface area contributed by atoms with E-state index < -0.39 is 12.6 Å². The zero-order chi connectivity index (χ0) is 12.5. The van der Waals surface area contributed by atoms with E-state index in [1.807, 2.05) is 6.92 Å². The van der Waals surface area contributed by atoms with Crippen molar-refractivity contribution in [1.82, 2.24) is 10.2 Å². The Kier molecular flexibility index (Phi) is 3.98. The average molecular weight is 250 g/mol. The van der Waals surface area contributed by atoms with Gasteiger partial charge in [-0.25, -0.2) is 0 Å². The van der Waals surface area contributed by atoms with Crippen LogP contribution in [0.1, 0.15) is 32.6 Å². The zero-order valence-corrected chi connectivity index (χ0v) is 10.3. The normalized spacial score (nSPS) is 31.8. The second kappa shape index (κ2) is 5.14. The van der Waals surface area contributed by atoms with Crippen molar-refractivity contribution in [2.75, 3.05) is 19.6 Å². The molecule has 1 aliphatic carbocycles. The van der Waals surface area contributed by atoms with Crippen molar-refractivity contribution in [2.24, 2.45) is 5.92 Å². The fourth-order valence-corrected chi connectivity index (χ4v) is 2.89. The third kappa shape index (κ3) is 4.14. The molecular formula is C12H21F3N2. The van der Waals surface area contributed by atoms with Crippen LogP contribution < -0.4 is 5.32 Å². The van der Waals surface area contributed by atoms with E-state index in [0.717, 1.165) is 25.9 Å². The standard InChI is InChI=1S/C12H21F3N2/c1-2-16-10-5-9(6-12(13,14)15)7-17(8-10)11-3-4-11/h9-11,16H,2-8H2,1H3. The number of alkyl halides is 3. The molecule has 2 unspecified atom stereocenters. The molecule has 1 heterocycles. The minimum absolute atomic E-state index is 0.228. The number of nitrogens with zero attached hydrogens (tertiary/aromatic N) is 1. The molecule has 2 nitrogen and oxygen atoms in total. The van der Waals surface area contributed by atoms with Crippen LogP contribution >= 0.6 is 0 Å². The highest BCUT2D eigenvalue weighted by atomic mass is 19.4. The minimum Gasteiger partial charge on any atom is -0.313 e. The molecule has 17 heavy (non-hydrogen) atoms. The monoisotopic (exact) mass is 250 g/mol. The Balaban J connectivity index is 1.91. The van der Waals surface area contributed by atoms with Gasteiger partial charge in [0.15, 0.2) is 0 Å². The highest BCUT2D eigenvalue weighted by Crippen LogP contribution is 2.35. The molecule has 0 amide bonds. The van der Waals surface area contributed by atoms with Crippen molar-refractivity contribution in [3.8, 4) is 0 Å². The summed E-state index contributed by atoms with van der Waals surface area (Å²) in [5.74, 6) is -0.228. The first kappa shape index (κ1) is 13.1. The SMILES string of the molecule is CCNC1CC(CC(F)(F)F)CN(C2CC2)C1. The van der Waals surface area contributed by atoms with Crippen molar-refractivity contribution < 1.29 is 13.2 Å². The molecule has 2 rings (SSSR count). The number of nitrogens with one attached hydrogen (secondary N) is 1. The number of likely N-dealkylation sites (tertiary alicyclic amines) is 1. The topological polar surface area (TPSA) is 15.3 Å². The van der Waals surface area contributed by atoms with Gasteiger partial charge in [0, 0.05) is 31.6 Å². The van der Waals surface area contributed by atoms with Gasteiger partial charge in [0.05, 0.1) is 0 Å². The van der Waals surface area contributed by atoms with E-state index in [1.165, 1.54) is 0 Å². The van der Waals surface area contributed by atoms with E-state index >= 15 is 0 Å². The summed E-state index contributed by atoms with van der Waals surface area (Å²) in [5, 5.41) is 3.30. The molecule has 0 aromatic carbocycles. The van der Waals surface area contributed by atoms with Crippen LogP contribution in [0.15, 0.2) is 0 Å². The molecule has 1 saturated carbocycles. The van der Waals surface area contributed by atoms with E-state index in [0.29, 0.717) is 19.0 Å². The van der Waals surface area contributed by atoms with E-state index in [-0.39, 0.29) is 12.0 Å². The van der Waals surface area contributed by atoms with E-state index in [2.05, 4.69) is 10.2 Å². The number of likely N-dealkylation sites (N-methyl/N-ethyl adjacent to an activating group) is 1. The largest absolute Gasteiger partial charge is 0.389 e. The Morgan fingerprint density at radius 1 is 1.24 bits per heavy atom. The molecule has 0 aromatic heterocycles. The van der Waals surface area contributed by atoms with Crippen LogP contribution in [0, 0.1) is 5.92 Å². The second-order valence-corrected chi connectivity index (χ2v) is 5.36. The van der Waals surface area contributed by atoms with Crippen LogP contribution in [-0.2, 0) is 0 Å². The summed E-state index contributed by atoms with van der Waals surface area (Å²) in [6.07, 6.45) is -1.65.